The molecule has 2 aromatic carbocycles. The van der Waals surface area contributed by atoms with Crippen LogP contribution >= 0.6 is 0 Å². The van der Waals surface area contributed by atoms with Gasteiger partial charge in [0.25, 0.3) is 11.6 Å². The van der Waals surface area contributed by atoms with Crippen molar-refractivity contribution in [3.63, 3.8) is 0 Å². The molecule has 1 amide bonds. The Bertz CT molecular complexity index is 849. The van der Waals surface area contributed by atoms with Gasteiger partial charge in [0.2, 0.25) is 0 Å². The number of anilines is 1. The summed E-state index contributed by atoms with van der Waals surface area (Å²) in [4.78, 5) is 34.6. The largest absolute Gasteiger partial charge is 0.494 e. The van der Waals surface area contributed by atoms with Crippen LogP contribution in [0.1, 0.15) is 22.8 Å². The molecule has 27 heavy (non-hydrogen) atoms. The number of ether oxygens (including phenoxy) is 2. The van der Waals surface area contributed by atoms with E-state index >= 15 is 0 Å². The van der Waals surface area contributed by atoms with Gasteiger partial charge in [-0.1, -0.05) is 12.1 Å². The highest BCUT2D eigenvalue weighted by molar-refractivity contribution is 5.98. The van der Waals surface area contributed by atoms with Crippen LogP contribution in [0.5, 0.6) is 5.75 Å². The van der Waals surface area contributed by atoms with E-state index in [1.807, 2.05) is 0 Å². The Kier molecular flexibility index (Phi) is 6.45. The second kappa shape index (κ2) is 8.77. The number of hydrogen-bond donors (Lipinski definition) is 2. The van der Waals surface area contributed by atoms with Crippen LogP contribution < -0.4 is 10.1 Å². The van der Waals surface area contributed by atoms with Crippen molar-refractivity contribution in [2.45, 2.75) is 19.6 Å². The third-order valence-electron chi connectivity index (χ3n) is 3.68. The van der Waals surface area contributed by atoms with Crippen LogP contribution in [0.3, 0.4) is 0 Å². The number of esters is 1. The minimum Gasteiger partial charge on any atom is -0.494 e. The number of carbonyl (C=O) groups is 2. The molecule has 0 aromatic heterocycles. The van der Waals surface area contributed by atoms with Crippen LogP contribution in [0.4, 0.5) is 11.4 Å². The lowest BCUT2D eigenvalue weighted by Gasteiger charge is -2.15. The number of aliphatic hydroxyl groups excluding tert-OH is 1. The van der Waals surface area contributed by atoms with Crippen LogP contribution in [-0.4, -0.2) is 35.1 Å². The number of nitro benzene ring substituents is 1. The van der Waals surface area contributed by atoms with Gasteiger partial charge in [-0.2, -0.15) is 0 Å². The summed E-state index contributed by atoms with van der Waals surface area (Å²) < 4.78 is 10.2. The lowest BCUT2D eigenvalue weighted by Crippen LogP contribution is -2.30. The summed E-state index contributed by atoms with van der Waals surface area (Å²) in [7, 11) is 1.31. The molecule has 9 heteroatoms. The molecule has 142 valence electrons. The molecule has 2 aromatic rings. The Labute approximate surface area is 154 Å². The highest BCUT2D eigenvalue weighted by atomic mass is 16.6. The summed E-state index contributed by atoms with van der Waals surface area (Å²) in [5.41, 5.74) is 0.904. The average molecular weight is 374 g/mol. The van der Waals surface area contributed by atoms with Gasteiger partial charge in [0, 0.05) is 6.07 Å². The maximum absolute atomic E-state index is 12.3. The van der Waals surface area contributed by atoms with Crippen LogP contribution in [0.2, 0.25) is 0 Å². The van der Waals surface area contributed by atoms with E-state index in [0.717, 1.165) is 0 Å². The first kappa shape index (κ1) is 19.9. The number of nitro groups is 1. The normalized spacial score (nSPS) is 11.4. The average Bonchev–Trinajstić information content (AvgIpc) is 2.67. The SMILES string of the molecule is COc1cc([N+](=O)[O-])ccc1NC(=O)[C@@H](C)OC(=O)c1ccc(CO)cc1. The Morgan fingerprint density at radius 3 is 2.44 bits per heavy atom. The summed E-state index contributed by atoms with van der Waals surface area (Å²) >= 11 is 0. The molecule has 0 spiro atoms. The zero-order chi connectivity index (χ0) is 20.0. The van der Waals surface area contributed by atoms with E-state index < -0.39 is 22.9 Å². The van der Waals surface area contributed by atoms with Gasteiger partial charge in [-0.25, -0.2) is 4.79 Å². The number of amides is 1. The molecule has 0 unspecified atom stereocenters. The first-order valence-corrected chi connectivity index (χ1v) is 7.89. The van der Waals surface area contributed by atoms with Crippen LogP contribution in [0.25, 0.3) is 0 Å². The van der Waals surface area contributed by atoms with Gasteiger partial charge in [0.05, 0.1) is 36.0 Å². The van der Waals surface area contributed by atoms with Crippen molar-refractivity contribution in [1.82, 2.24) is 0 Å². The number of benzene rings is 2. The molecule has 9 nitrogen and oxygen atoms in total. The van der Waals surface area contributed by atoms with E-state index in [1.54, 1.807) is 12.1 Å². The Morgan fingerprint density at radius 1 is 1.22 bits per heavy atom. The molecule has 0 saturated carbocycles. The third-order valence-corrected chi connectivity index (χ3v) is 3.68. The van der Waals surface area contributed by atoms with Gasteiger partial charge >= 0.3 is 5.97 Å². The van der Waals surface area contributed by atoms with Crippen LogP contribution in [0, 0.1) is 10.1 Å². The minimum absolute atomic E-state index is 0.107. The maximum Gasteiger partial charge on any atom is 0.338 e. The summed E-state index contributed by atoms with van der Waals surface area (Å²) in [6.07, 6.45) is -1.12. The quantitative estimate of drug-likeness (QED) is 0.432. The molecule has 0 aliphatic rings. The molecule has 0 aliphatic heterocycles. The fourth-order valence-corrected chi connectivity index (χ4v) is 2.16. The number of rotatable bonds is 7. The van der Waals surface area contributed by atoms with E-state index in [-0.39, 0.29) is 29.3 Å². The second-order valence-corrected chi connectivity index (χ2v) is 5.53. The van der Waals surface area contributed by atoms with E-state index in [1.165, 1.54) is 44.4 Å². The first-order chi connectivity index (χ1) is 12.8. The Balaban J connectivity index is 2.04. The van der Waals surface area contributed by atoms with Gasteiger partial charge in [0.15, 0.2) is 6.10 Å². The van der Waals surface area contributed by atoms with E-state index in [4.69, 9.17) is 14.6 Å². The smallest absolute Gasteiger partial charge is 0.338 e. The minimum atomic E-state index is -1.12. The topological polar surface area (TPSA) is 128 Å². The molecule has 0 saturated heterocycles. The standard InChI is InChI=1S/C18H18N2O7/c1-11(27-18(23)13-5-3-12(10-21)4-6-13)17(22)19-15-8-7-14(20(24)25)9-16(15)26-2/h3-9,11,21H,10H2,1-2H3,(H,19,22)/t11-/m1/s1. The van der Waals surface area contributed by atoms with Crippen molar-refractivity contribution in [2.75, 3.05) is 12.4 Å². The first-order valence-electron chi connectivity index (χ1n) is 7.89. The molecular weight excluding hydrogens is 356 g/mol. The molecule has 0 fully saturated rings. The van der Waals surface area contributed by atoms with Crippen molar-refractivity contribution in [3.05, 3.63) is 63.7 Å². The Morgan fingerprint density at radius 2 is 1.89 bits per heavy atom. The van der Waals surface area contributed by atoms with Gasteiger partial charge < -0.3 is 19.9 Å². The summed E-state index contributed by atoms with van der Waals surface area (Å²) in [6.45, 7) is 1.25. The number of methoxy groups -OCH3 is 1. The molecule has 0 bridgehead atoms. The van der Waals surface area contributed by atoms with E-state index in [9.17, 15) is 19.7 Å². The lowest BCUT2D eigenvalue weighted by molar-refractivity contribution is -0.384. The highest BCUT2D eigenvalue weighted by Crippen LogP contribution is 2.29. The number of hydrogen-bond acceptors (Lipinski definition) is 7. The molecule has 1 atom stereocenters. The van der Waals surface area contributed by atoms with E-state index in [0.29, 0.717) is 5.56 Å². The number of aliphatic hydroxyl groups is 1. The monoisotopic (exact) mass is 374 g/mol. The number of nitrogens with zero attached hydrogens (tertiary/aromatic N) is 1. The maximum atomic E-state index is 12.3. The Hall–Kier alpha value is -3.46. The molecule has 0 heterocycles. The third kappa shape index (κ3) is 5.02. The van der Waals surface area contributed by atoms with Crippen molar-refractivity contribution in [3.8, 4) is 5.75 Å². The molecule has 2 N–H and O–H groups in total. The van der Waals surface area contributed by atoms with Crippen LogP contribution in [0.15, 0.2) is 42.5 Å². The van der Waals surface area contributed by atoms with Crippen molar-refractivity contribution >= 4 is 23.3 Å². The lowest BCUT2D eigenvalue weighted by atomic mass is 10.1. The van der Waals surface area contributed by atoms with Gasteiger partial charge in [-0.15, -0.1) is 0 Å². The molecular formula is C18H18N2O7. The van der Waals surface area contributed by atoms with Gasteiger partial charge in [-0.3, -0.25) is 14.9 Å². The highest BCUT2D eigenvalue weighted by Gasteiger charge is 2.21. The molecule has 0 aliphatic carbocycles. The van der Waals surface area contributed by atoms with E-state index in [2.05, 4.69) is 5.32 Å². The van der Waals surface area contributed by atoms with Gasteiger partial charge in [-0.05, 0) is 30.7 Å². The predicted molar refractivity (Wildman–Crippen MR) is 95.5 cm³/mol. The fraction of sp³-hybridized carbons (Fsp3) is 0.222. The zero-order valence-corrected chi connectivity index (χ0v) is 14.7. The summed E-state index contributed by atoms with van der Waals surface area (Å²) in [6, 6.07) is 9.84. The van der Waals surface area contributed by atoms with Crippen molar-refractivity contribution in [2.24, 2.45) is 0 Å². The zero-order valence-electron chi connectivity index (χ0n) is 14.7. The summed E-state index contributed by atoms with van der Waals surface area (Å²) in [5, 5.41) is 22.3. The second-order valence-electron chi connectivity index (χ2n) is 5.53. The fourth-order valence-electron chi connectivity index (χ4n) is 2.16. The number of nitrogens with one attached hydrogen (secondary N) is 1. The summed E-state index contributed by atoms with van der Waals surface area (Å²) in [5.74, 6) is -1.21. The van der Waals surface area contributed by atoms with Crippen LogP contribution in [-0.2, 0) is 16.1 Å². The molecule has 0 radical (unpaired) electrons. The number of non-ortho nitro benzene ring substituents is 1. The predicted octanol–water partition coefficient (Wildman–Crippen LogP) is 2.28. The number of carbonyl (C=O) groups excluding carboxylic acids is 2. The molecule has 2 rings (SSSR count). The van der Waals surface area contributed by atoms with Crippen molar-refractivity contribution in [1.29, 1.82) is 0 Å². The van der Waals surface area contributed by atoms with Crippen molar-refractivity contribution < 1.29 is 29.1 Å². The van der Waals surface area contributed by atoms with Gasteiger partial charge in [0.1, 0.15) is 5.75 Å².